The minimum atomic E-state index is -3.49. The second kappa shape index (κ2) is 11.2. The quantitative estimate of drug-likeness (QED) is 0.189. The molecule has 0 N–H and O–H groups in total. The van der Waals surface area contributed by atoms with Crippen LogP contribution in [0.15, 0.2) is 90.1 Å². The molecule has 3 aromatic carbocycles. The fourth-order valence-corrected chi connectivity index (χ4v) is 28.2. The molecule has 0 aliphatic heterocycles. The summed E-state index contributed by atoms with van der Waals surface area (Å²) in [6, 6.07) is 27.1. The van der Waals surface area contributed by atoms with E-state index >= 15 is 0 Å². The van der Waals surface area contributed by atoms with E-state index in [1.165, 1.54) is 46.9 Å². The molecule has 2 unspecified atom stereocenters. The van der Waals surface area contributed by atoms with Crippen molar-refractivity contribution in [2.75, 3.05) is 0 Å². The van der Waals surface area contributed by atoms with Crippen molar-refractivity contribution in [1.29, 1.82) is 0 Å². The summed E-state index contributed by atoms with van der Waals surface area (Å²) in [4.78, 5) is 4.82. The monoisotopic (exact) mass is 649 g/mol. The van der Waals surface area contributed by atoms with Gasteiger partial charge in [-0.3, -0.25) is 0 Å². The van der Waals surface area contributed by atoms with Gasteiger partial charge in [-0.1, -0.05) is 0 Å². The van der Waals surface area contributed by atoms with Gasteiger partial charge < -0.3 is 0 Å². The molecule has 1 aromatic heterocycles. The Kier molecular flexibility index (Phi) is 8.71. The number of hydrogen-bond donors (Lipinski definition) is 0. The van der Waals surface area contributed by atoms with Crippen LogP contribution >= 0.6 is 24.8 Å². The van der Waals surface area contributed by atoms with Gasteiger partial charge in [0.15, 0.2) is 0 Å². The molecule has 202 valence electrons. The fraction of sp³-hybridized carbons (Fsp3) is 0.265. The minimum Gasteiger partial charge on any atom is -0.147 e. The van der Waals surface area contributed by atoms with Crippen molar-refractivity contribution in [3.63, 3.8) is 0 Å². The Morgan fingerprint density at radius 2 is 1.49 bits per heavy atom. The Bertz CT molecular complexity index is 1670. The summed E-state index contributed by atoms with van der Waals surface area (Å²) >= 11 is -3.49. The molecule has 6 rings (SSSR count). The average Bonchev–Trinajstić information content (AvgIpc) is 3.45. The van der Waals surface area contributed by atoms with Crippen molar-refractivity contribution < 1.29 is 17.4 Å². The van der Waals surface area contributed by atoms with Crippen LogP contribution in [0, 0.1) is 0 Å². The summed E-state index contributed by atoms with van der Waals surface area (Å²) in [6.07, 6.45) is 10.7. The van der Waals surface area contributed by atoms with E-state index in [9.17, 15) is 0 Å². The van der Waals surface area contributed by atoms with Crippen molar-refractivity contribution >= 4 is 54.7 Å². The van der Waals surface area contributed by atoms with E-state index < -0.39 is 17.4 Å². The van der Waals surface area contributed by atoms with Gasteiger partial charge in [-0.05, 0) is 0 Å². The second-order valence-electron chi connectivity index (χ2n) is 12.3. The SMILES string of the molecule is CCCCC1=Cc2c(-c3cccc4cccnc34)cccc2[CH]1[Zr]([CH3])([CH3])(=[SiH2])[CH]1C(C)=Cc2ccccc21.Cl.Cl. The molecule has 0 saturated carbocycles. The Morgan fingerprint density at radius 3 is 2.28 bits per heavy atom. The van der Waals surface area contributed by atoms with Gasteiger partial charge >= 0.3 is 225 Å². The van der Waals surface area contributed by atoms with Gasteiger partial charge in [0, 0.05) is 0 Å². The van der Waals surface area contributed by atoms with Gasteiger partial charge in [0.1, 0.15) is 0 Å². The Labute approximate surface area is 248 Å². The maximum atomic E-state index is 4.82. The van der Waals surface area contributed by atoms with Gasteiger partial charge in [0.2, 0.25) is 0 Å². The smallest absolute Gasteiger partial charge is 0.147 e. The molecule has 0 spiro atoms. The molecule has 0 bridgehead atoms. The van der Waals surface area contributed by atoms with Crippen molar-refractivity contribution in [3.05, 3.63) is 112 Å². The van der Waals surface area contributed by atoms with E-state index in [0.717, 1.165) is 5.52 Å². The molecule has 39 heavy (non-hydrogen) atoms. The topological polar surface area (TPSA) is 12.9 Å². The van der Waals surface area contributed by atoms with E-state index in [1.807, 2.05) is 12.3 Å². The molecule has 2 aliphatic carbocycles. The number of benzene rings is 3. The van der Waals surface area contributed by atoms with Gasteiger partial charge in [0.25, 0.3) is 0 Å². The molecule has 2 aliphatic rings. The summed E-state index contributed by atoms with van der Waals surface area (Å²) in [5.74, 6) is 0. The van der Waals surface area contributed by atoms with Gasteiger partial charge in [-0.25, -0.2) is 0 Å². The number of pyridine rings is 1. The average molecular weight is 652 g/mol. The first-order valence-electron chi connectivity index (χ1n) is 13.8. The van der Waals surface area contributed by atoms with Crippen LogP contribution in [0.5, 0.6) is 0 Å². The van der Waals surface area contributed by atoms with E-state index in [1.54, 1.807) is 22.3 Å². The maximum absolute atomic E-state index is 4.82. The van der Waals surface area contributed by atoms with Crippen LogP contribution < -0.4 is 0 Å². The molecule has 0 amide bonds. The van der Waals surface area contributed by atoms with E-state index in [-0.39, 0.29) is 24.8 Å². The van der Waals surface area contributed by atoms with Crippen LogP contribution in [-0.4, -0.2) is 11.9 Å². The first kappa shape index (κ1) is 30.2. The normalized spacial score (nSPS) is 18.0. The zero-order valence-corrected chi connectivity index (χ0v) is 28.9. The molecule has 2 atom stereocenters. The Balaban J connectivity index is 0.00000176. The van der Waals surface area contributed by atoms with Crippen LogP contribution in [-0.2, 0) is 17.4 Å². The number of unbranched alkanes of at least 4 members (excludes halogenated alkanes) is 1. The van der Waals surface area contributed by atoms with Crippen molar-refractivity contribution in [2.24, 2.45) is 0 Å². The molecular formula is C34H39Cl2NSiZr. The first-order valence-corrected chi connectivity index (χ1v) is 27.5. The number of aromatic nitrogens is 1. The van der Waals surface area contributed by atoms with Crippen LogP contribution in [0.4, 0.5) is 0 Å². The predicted molar refractivity (Wildman–Crippen MR) is 175 cm³/mol. The molecule has 1 heterocycles. The maximum Gasteiger partial charge on any atom is -0.147 e. The standard InChI is InChI=1S/C22H20N.C10H9.2CH3.2ClH.H2Si.Zr/c1-2-3-7-16-14-18-9-5-11-19(21(18)15-16)20-12-4-8-17-10-6-13-23-22(17)20;1-8-6-9-4-2-3-5-10(9)7-8;;;;;;/h4-6,8-15H,2-3,7H2,1H3;2-7H,1H3;2*1H3;2*1H;1H2;. The molecule has 0 radical (unpaired) electrons. The largest absolute Gasteiger partial charge is 0.147 e. The molecular weight excluding hydrogens is 613 g/mol. The first-order chi connectivity index (χ1) is 17.8. The Hall–Kier alpha value is -1.77. The fourth-order valence-electron chi connectivity index (χ4n) is 7.64. The zero-order chi connectivity index (χ0) is 25.8. The summed E-state index contributed by atoms with van der Waals surface area (Å²) < 4.78 is 6.63. The third-order valence-corrected chi connectivity index (χ3v) is 26.6. The number of hydrogen-bond acceptors (Lipinski definition) is 1. The summed E-state index contributed by atoms with van der Waals surface area (Å²) in [5.41, 5.74) is 13.0. The summed E-state index contributed by atoms with van der Waals surface area (Å²) in [7, 11) is 0. The van der Waals surface area contributed by atoms with Crippen molar-refractivity contribution in [1.82, 2.24) is 4.98 Å². The summed E-state index contributed by atoms with van der Waals surface area (Å²) in [6.45, 7) is 7.16. The number of fused-ring (bicyclic) bond motifs is 3. The molecule has 4 aromatic rings. The van der Waals surface area contributed by atoms with Crippen LogP contribution in [0.2, 0.25) is 9.26 Å². The summed E-state index contributed by atoms with van der Waals surface area (Å²) in [5, 5.41) is 1.21. The van der Waals surface area contributed by atoms with Gasteiger partial charge in [-0.15, -0.1) is 24.8 Å². The zero-order valence-electron chi connectivity index (χ0n) is 23.4. The number of para-hydroxylation sites is 1. The van der Waals surface area contributed by atoms with Gasteiger partial charge in [-0.2, -0.15) is 0 Å². The number of nitrogens with zero attached hydrogens (tertiary/aromatic N) is 1. The minimum absolute atomic E-state index is 0. The van der Waals surface area contributed by atoms with Crippen molar-refractivity contribution in [3.8, 4) is 11.1 Å². The second-order valence-corrected chi connectivity index (χ2v) is 42.8. The number of allylic oxidation sites excluding steroid dienone is 2. The molecule has 5 heteroatoms. The van der Waals surface area contributed by atoms with E-state index in [4.69, 9.17) is 4.98 Å². The number of halogens is 2. The predicted octanol–water partition coefficient (Wildman–Crippen LogP) is 9.87. The Morgan fingerprint density at radius 1 is 0.795 bits per heavy atom. The van der Waals surface area contributed by atoms with Gasteiger partial charge in [0.05, 0.1) is 0 Å². The van der Waals surface area contributed by atoms with Crippen LogP contribution in [0.1, 0.15) is 62.6 Å². The van der Waals surface area contributed by atoms with Crippen molar-refractivity contribution in [2.45, 2.75) is 49.6 Å². The van der Waals surface area contributed by atoms with Crippen LogP contribution in [0.25, 0.3) is 34.2 Å². The third kappa shape index (κ3) is 4.99. The van der Waals surface area contributed by atoms with E-state index in [0.29, 0.717) is 7.25 Å². The molecule has 1 nitrogen and oxygen atoms in total. The molecule has 0 saturated heterocycles. The number of rotatable bonds is 6. The van der Waals surface area contributed by atoms with E-state index in [2.05, 4.69) is 109 Å². The van der Waals surface area contributed by atoms with Crippen LogP contribution in [0.3, 0.4) is 0 Å². The third-order valence-electron chi connectivity index (χ3n) is 8.94. The molecule has 0 fully saturated rings.